The quantitative estimate of drug-likeness (QED) is 0.483. The van der Waals surface area contributed by atoms with E-state index in [2.05, 4.69) is 31.8 Å². The molecule has 0 aromatic heterocycles. The lowest BCUT2D eigenvalue weighted by atomic mass is 10.2. The molecule has 0 unspecified atom stereocenters. The Morgan fingerprint density at radius 1 is 1.29 bits per heavy atom. The van der Waals surface area contributed by atoms with Crippen LogP contribution in [0, 0.1) is 0 Å². The van der Waals surface area contributed by atoms with E-state index in [9.17, 15) is 9.59 Å². The Labute approximate surface area is 129 Å². The van der Waals surface area contributed by atoms with E-state index < -0.39 is 11.8 Å². The Morgan fingerprint density at radius 2 is 1.95 bits per heavy atom. The van der Waals surface area contributed by atoms with Crippen molar-refractivity contribution in [2.45, 2.75) is 19.9 Å². The molecule has 1 aliphatic rings. The normalized spacial score (nSPS) is 12.8. The van der Waals surface area contributed by atoms with Gasteiger partial charge in [-0.3, -0.25) is 9.59 Å². The average molecular weight is 356 g/mol. The standard InChI is InChI=1S/C13H14BrN3O4/c1-7(2)16-12(18)13(19)17-15-5-8-3-10-11(4-9(8)14)21-6-20-10/h3-5,7H,6H2,1-2H3,(H,16,18)(H,17,19)/b15-5+. The molecule has 0 saturated carbocycles. The van der Waals surface area contributed by atoms with Crippen molar-refractivity contribution in [2.75, 3.05) is 6.79 Å². The predicted molar refractivity (Wildman–Crippen MR) is 79.3 cm³/mol. The molecular formula is C13H14BrN3O4. The van der Waals surface area contributed by atoms with Gasteiger partial charge in [0.2, 0.25) is 6.79 Å². The molecule has 0 aliphatic carbocycles. The topological polar surface area (TPSA) is 89.0 Å². The average Bonchev–Trinajstić information content (AvgIpc) is 2.84. The Morgan fingerprint density at radius 3 is 2.62 bits per heavy atom. The number of fused-ring (bicyclic) bond motifs is 1. The van der Waals surface area contributed by atoms with E-state index >= 15 is 0 Å². The number of carbonyl (C=O) groups excluding carboxylic acids is 2. The monoisotopic (exact) mass is 355 g/mol. The summed E-state index contributed by atoms with van der Waals surface area (Å²) in [4.78, 5) is 22.8. The van der Waals surface area contributed by atoms with Crippen LogP contribution in [-0.2, 0) is 9.59 Å². The van der Waals surface area contributed by atoms with E-state index in [1.807, 2.05) is 0 Å². The van der Waals surface area contributed by atoms with Crippen LogP contribution in [-0.4, -0.2) is 30.9 Å². The molecule has 21 heavy (non-hydrogen) atoms. The smallest absolute Gasteiger partial charge is 0.329 e. The first-order valence-corrected chi connectivity index (χ1v) is 6.99. The molecule has 0 radical (unpaired) electrons. The van der Waals surface area contributed by atoms with Crippen molar-refractivity contribution in [2.24, 2.45) is 5.10 Å². The highest BCUT2D eigenvalue weighted by atomic mass is 79.9. The summed E-state index contributed by atoms with van der Waals surface area (Å²) < 4.78 is 11.2. The highest BCUT2D eigenvalue weighted by molar-refractivity contribution is 9.10. The molecule has 2 amide bonds. The Balaban J connectivity index is 1.99. The lowest BCUT2D eigenvalue weighted by Crippen LogP contribution is -2.41. The molecule has 2 rings (SSSR count). The summed E-state index contributed by atoms with van der Waals surface area (Å²) in [6.07, 6.45) is 1.41. The number of hydrogen-bond donors (Lipinski definition) is 2. The highest BCUT2D eigenvalue weighted by Gasteiger charge is 2.16. The molecule has 0 fully saturated rings. The van der Waals surface area contributed by atoms with Gasteiger partial charge >= 0.3 is 11.8 Å². The highest BCUT2D eigenvalue weighted by Crippen LogP contribution is 2.36. The number of hydrazone groups is 1. The third kappa shape index (κ3) is 3.94. The first kappa shape index (κ1) is 15.3. The fourth-order valence-electron chi connectivity index (χ4n) is 1.57. The maximum absolute atomic E-state index is 11.4. The van der Waals surface area contributed by atoms with E-state index in [0.717, 1.165) is 4.47 Å². The molecule has 7 nitrogen and oxygen atoms in total. The van der Waals surface area contributed by atoms with Crippen LogP contribution in [0.25, 0.3) is 0 Å². The Hall–Kier alpha value is -2.09. The molecule has 8 heteroatoms. The number of rotatable bonds is 3. The number of halogens is 1. The van der Waals surface area contributed by atoms with Crippen LogP contribution < -0.4 is 20.2 Å². The molecule has 1 aliphatic heterocycles. The number of ether oxygens (including phenoxy) is 2. The van der Waals surface area contributed by atoms with Crippen LogP contribution in [0.4, 0.5) is 0 Å². The molecule has 1 aromatic carbocycles. The van der Waals surface area contributed by atoms with Gasteiger partial charge in [-0.25, -0.2) is 5.43 Å². The number of nitrogens with zero attached hydrogens (tertiary/aromatic N) is 1. The van der Waals surface area contributed by atoms with E-state index in [1.165, 1.54) is 6.21 Å². The van der Waals surface area contributed by atoms with Crippen molar-refractivity contribution in [1.82, 2.24) is 10.7 Å². The molecule has 112 valence electrons. The summed E-state index contributed by atoms with van der Waals surface area (Å²) in [6, 6.07) is 3.35. The fraction of sp³-hybridized carbons (Fsp3) is 0.308. The summed E-state index contributed by atoms with van der Waals surface area (Å²) >= 11 is 3.36. The Kier molecular flexibility index (Phi) is 4.79. The lowest BCUT2D eigenvalue weighted by molar-refractivity contribution is -0.139. The van der Waals surface area contributed by atoms with Crippen molar-refractivity contribution < 1.29 is 19.1 Å². The SMILES string of the molecule is CC(C)NC(=O)C(=O)N/N=C/c1cc2c(cc1Br)OCO2. The third-order valence-electron chi connectivity index (χ3n) is 2.49. The van der Waals surface area contributed by atoms with Gasteiger partial charge in [0.05, 0.1) is 6.21 Å². The zero-order valence-electron chi connectivity index (χ0n) is 11.5. The first-order chi connectivity index (χ1) is 9.97. The van der Waals surface area contributed by atoms with Gasteiger partial charge in [0.15, 0.2) is 11.5 Å². The van der Waals surface area contributed by atoms with Gasteiger partial charge in [0.1, 0.15) is 0 Å². The fourth-order valence-corrected chi connectivity index (χ4v) is 2.00. The summed E-state index contributed by atoms with van der Waals surface area (Å²) in [5.74, 6) is -0.313. The molecule has 1 heterocycles. The lowest BCUT2D eigenvalue weighted by Gasteiger charge is -2.06. The predicted octanol–water partition coefficient (Wildman–Crippen LogP) is 1.15. The summed E-state index contributed by atoms with van der Waals surface area (Å²) in [5, 5.41) is 6.21. The number of amides is 2. The maximum atomic E-state index is 11.4. The van der Waals surface area contributed by atoms with E-state index in [4.69, 9.17) is 9.47 Å². The van der Waals surface area contributed by atoms with Gasteiger partial charge in [-0.05, 0) is 41.9 Å². The molecule has 0 spiro atoms. The molecule has 0 atom stereocenters. The zero-order chi connectivity index (χ0) is 15.4. The summed E-state index contributed by atoms with van der Waals surface area (Å²) in [6.45, 7) is 3.70. The van der Waals surface area contributed by atoms with E-state index in [-0.39, 0.29) is 12.8 Å². The van der Waals surface area contributed by atoms with Crippen molar-refractivity contribution in [3.05, 3.63) is 22.2 Å². The second kappa shape index (κ2) is 6.57. The van der Waals surface area contributed by atoms with E-state index in [0.29, 0.717) is 17.1 Å². The second-order valence-electron chi connectivity index (χ2n) is 4.55. The van der Waals surface area contributed by atoms with Crippen molar-refractivity contribution in [3.8, 4) is 11.5 Å². The number of nitrogens with one attached hydrogen (secondary N) is 2. The Bertz CT molecular complexity index is 601. The first-order valence-electron chi connectivity index (χ1n) is 6.20. The maximum Gasteiger partial charge on any atom is 0.329 e. The van der Waals surface area contributed by atoms with Crippen molar-refractivity contribution >= 4 is 34.0 Å². The molecule has 1 aromatic rings. The summed E-state index contributed by atoms with van der Waals surface area (Å²) in [7, 11) is 0. The molecule has 2 N–H and O–H groups in total. The van der Waals surface area contributed by atoms with Crippen LogP contribution >= 0.6 is 15.9 Å². The van der Waals surface area contributed by atoms with Gasteiger partial charge in [0, 0.05) is 16.1 Å². The molecule has 0 bridgehead atoms. The van der Waals surface area contributed by atoms with Crippen molar-refractivity contribution in [1.29, 1.82) is 0 Å². The van der Waals surface area contributed by atoms with Crippen LogP contribution in [0.3, 0.4) is 0 Å². The van der Waals surface area contributed by atoms with Gasteiger partial charge in [-0.15, -0.1) is 0 Å². The van der Waals surface area contributed by atoms with Gasteiger partial charge in [-0.1, -0.05) is 0 Å². The molecular weight excluding hydrogens is 342 g/mol. The minimum Gasteiger partial charge on any atom is -0.454 e. The number of hydrogen-bond acceptors (Lipinski definition) is 5. The van der Waals surface area contributed by atoms with E-state index in [1.54, 1.807) is 26.0 Å². The zero-order valence-corrected chi connectivity index (χ0v) is 13.1. The summed E-state index contributed by atoms with van der Waals surface area (Å²) in [5.41, 5.74) is 2.84. The molecule has 0 saturated heterocycles. The van der Waals surface area contributed by atoms with Gasteiger partial charge in [-0.2, -0.15) is 5.10 Å². The largest absolute Gasteiger partial charge is 0.454 e. The van der Waals surface area contributed by atoms with Gasteiger partial charge in [0.25, 0.3) is 0 Å². The van der Waals surface area contributed by atoms with Crippen LogP contribution in [0.5, 0.6) is 11.5 Å². The number of carbonyl (C=O) groups is 2. The minimum atomic E-state index is -0.822. The number of benzene rings is 1. The minimum absolute atomic E-state index is 0.116. The van der Waals surface area contributed by atoms with Gasteiger partial charge < -0.3 is 14.8 Å². The van der Waals surface area contributed by atoms with Crippen molar-refractivity contribution in [3.63, 3.8) is 0 Å². The van der Waals surface area contributed by atoms with Crippen LogP contribution in [0.1, 0.15) is 19.4 Å². The van der Waals surface area contributed by atoms with Crippen LogP contribution in [0.15, 0.2) is 21.7 Å². The van der Waals surface area contributed by atoms with Crippen LogP contribution in [0.2, 0.25) is 0 Å². The third-order valence-corrected chi connectivity index (χ3v) is 3.17. The second-order valence-corrected chi connectivity index (χ2v) is 5.41.